The fraction of sp³-hybridized carbons (Fsp3) is 1.00. The Morgan fingerprint density at radius 1 is 1.06 bits per heavy atom. The van der Waals surface area contributed by atoms with Crippen molar-refractivity contribution >= 4 is 0 Å². The maximum atomic E-state index is 6.15. The van der Waals surface area contributed by atoms with Gasteiger partial charge in [-0.05, 0) is 32.7 Å². The van der Waals surface area contributed by atoms with Crippen molar-refractivity contribution in [1.82, 2.24) is 4.90 Å². The van der Waals surface area contributed by atoms with Gasteiger partial charge in [0, 0.05) is 18.1 Å². The van der Waals surface area contributed by atoms with Gasteiger partial charge in [0.2, 0.25) is 0 Å². The van der Waals surface area contributed by atoms with E-state index in [9.17, 15) is 0 Å². The fourth-order valence-corrected chi connectivity index (χ4v) is 3.61. The lowest BCUT2D eigenvalue weighted by atomic mass is 9.83. The van der Waals surface area contributed by atoms with Gasteiger partial charge in [-0.25, -0.2) is 0 Å². The van der Waals surface area contributed by atoms with Gasteiger partial charge in [0.25, 0.3) is 0 Å². The van der Waals surface area contributed by atoms with Crippen LogP contribution in [-0.4, -0.2) is 30.1 Å². The fourth-order valence-electron chi connectivity index (χ4n) is 3.61. The van der Waals surface area contributed by atoms with Crippen LogP contribution in [0.4, 0.5) is 0 Å². The largest absolute Gasteiger partial charge is 0.329 e. The molecule has 0 saturated heterocycles. The van der Waals surface area contributed by atoms with E-state index in [1.54, 1.807) is 0 Å². The van der Waals surface area contributed by atoms with Crippen molar-refractivity contribution in [2.45, 2.75) is 83.2 Å². The average Bonchev–Trinajstić information content (AvgIpc) is 2.38. The lowest BCUT2D eigenvalue weighted by molar-refractivity contribution is 0.0423. The molecule has 0 radical (unpaired) electrons. The molecular formula is C15H32N2. The second kappa shape index (κ2) is 7.38. The van der Waals surface area contributed by atoms with Crippen molar-refractivity contribution in [3.05, 3.63) is 0 Å². The molecule has 0 bridgehead atoms. The van der Waals surface area contributed by atoms with E-state index in [0.717, 1.165) is 12.6 Å². The van der Waals surface area contributed by atoms with Crippen LogP contribution in [0.1, 0.15) is 71.6 Å². The molecule has 0 unspecified atom stereocenters. The number of nitrogens with two attached hydrogens (primary N) is 1. The summed E-state index contributed by atoms with van der Waals surface area (Å²) >= 11 is 0. The van der Waals surface area contributed by atoms with E-state index in [1.165, 1.54) is 57.8 Å². The van der Waals surface area contributed by atoms with Crippen LogP contribution in [0.5, 0.6) is 0 Å². The molecule has 1 rings (SSSR count). The highest BCUT2D eigenvalue weighted by Crippen LogP contribution is 2.32. The maximum absolute atomic E-state index is 6.15. The molecular weight excluding hydrogens is 208 g/mol. The minimum Gasteiger partial charge on any atom is -0.329 e. The van der Waals surface area contributed by atoms with Gasteiger partial charge < -0.3 is 5.73 Å². The standard InChI is InChI=1S/C15H32N2/c1-4-11-15(13-16,12-5-2)17(3)14-9-7-6-8-10-14/h14H,4-13,16H2,1-3H3. The Bertz CT molecular complexity index is 191. The van der Waals surface area contributed by atoms with Gasteiger partial charge in [0.05, 0.1) is 0 Å². The summed E-state index contributed by atoms with van der Waals surface area (Å²) in [7, 11) is 2.33. The summed E-state index contributed by atoms with van der Waals surface area (Å²) in [4.78, 5) is 2.65. The molecule has 102 valence electrons. The van der Waals surface area contributed by atoms with Crippen LogP contribution < -0.4 is 5.73 Å². The van der Waals surface area contributed by atoms with Gasteiger partial charge in [0.1, 0.15) is 0 Å². The minimum absolute atomic E-state index is 0.269. The van der Waals surface area contributed by atoms with Crippen molar-refractivity contribution in [2.24, 2.45) is 5.73 Å². The average molecular weight is 240 g/mol. The zero-order chi connectivity index (χ0) is 12.7. The highest BCUT2D eigenvalue weighted by molar-refractivity contribution is 4.93. The number of hydrogen-bond acceptors (Lipinski definition) is 2. The number of hydrogen-bond donors (Lipinski definition) is 1. The first-order valence-electron chi connectivity index (χ1n) is 7.63. The summed E-state index contributed by atoms with van der Waals surface area (Å²) in [5, 5.41) is 0. The Labute approximate surface area is 108 Å². The van der Waals surface area contributed by atoms with Crippen LogP contribution in [0.3, 0.4) is 0 Å². The summed E-state index contributed by atoms with van der Waals surface area (Å²) in [5.74, 6) is 0. The lowest BCUT2D eigenvalue weighted by Gasteiger charge is -2.47. The van der Waals surface area contributed by atoms with E-state index in [2.05, 4.69) is 25.8 Å². The topological polar surface area (TPSA) is 29.3 Å². The molecule has 1 fully saturated rings. The van der Waals surface area contributed by atoms with Crippen molar-refractivity contribution in [3.8, 4) is 0 Å². The van der Waals surface area contributed by atoms with Crippen LogP contribution >= 0.6 is 0 Å². The third-order valence-electron chi connectivity index (χ3n) is 4.68. The molecule has 0 amide bonds. The van der Waals surface area contributed by atoms with Gasteiger partial charge in [0.15, 0.2) is 0 Å². The molecule has 0 aromatic carbocycles. The molecule has 0 heterocycles. The molecule has 2 N–H and O–H groups in total. The van der Waals surface area contributed by atoms with E-state index in [-0.39, 0.29) is 5.54 Å². The SMILES string of the molecule is CCCC(CN)(CCC)N(C)C1CCCCC1. The highest BCUT2D eigenvalue weighted by Gasteiger charge is 2.35. The summed E-state index contributed by atoms with van der Waals surface area (Å²) in [6, 6.07) is 0.783. The molecule has 0 spiro atoms. The number of likely N-dealkylation sites (N-methyl/N-ethyl adjacent to an activating group) is 1. The summed E-state index contributed by atoms with van der Waals surface area (Å²) < 4.78 is 0. The van der Waals surface area contributed by atoms with Crippen molar-refractivity contribution in [2.75, 3.05) is 13.6 Å². The third-order valence-corrected chi connectivity index (χ3v) is 4.68. The van der Waals surface area contributed by atoms with Crippen LogP contribution in [0.25, 0.3) is 0 Å². The summed E-state index contributed by atoms with van der Waals surface area (Å²) in [6.45, 7) is 5.39. The predicted octanol–water partition coefficient (Wildman–Crippen LogP) is 3.55. The van der Waals surface area contributed by atoms with Crippen LogP contribution in [0.2, 0.25) is 0 Å². The van der Waals surface area contributed by atoms with Gasteiger partial charge >= 0.3 is 0 Å². The first-order chi connectivity index (χ1) is 8.20. The smallest absolute Gasteiger partial charge is 0.0331 e. The molecule has 0 aliphatic heterocycles. The lowest BCUT2D eigenvalue weighted by Crippen LogP contribution is -2.56. The first kappa shape index (κ1) is 15.0. The van der Waals surface area contributed by atoms with Crippen molar-refractivity contribution < 1.29 is 0 Å². The van der Waals surface area contributed by atoms with Crippen molar-refractivity contribution in [1.29, 1.82) is 0 Å². The first-order valence-corrected chi connectivity index (χ1v) is 7.63. The molecule has 17 heavy (non-hydrogen) atoms. The van der Waals surface area contributed by atoms with E-state index in [1.807, 2.05) is 0 Å². The van der Waals surface area contributed by atoms with E-state index < -0.39 is 0 Å². The third kappa shape index (κ3) is 3.69. The highest BCUT2D eigenvalue weighted by atomic mass is 15.2. The summed E-state index contributed by atoms with van der Waals surface area (Å²) in [5.41, 5.74) is 6.42. The molecule has 1 aliphatic rings. The minimum atomic E-state index is 0.269. The Morgan fingerprint density at radius 3 is 2.00 bits per heavy atom. The molecule has 0 aromatic heterocycles. The second-order valence-corrected chi connectivity index (χ2v) is 5.83. The molecule has 0 aromatic rings. The van der Waals surface area contributed by atoms with E-state index >= 15 is 0 Å². The van der Waals surface area contributed by atoms with Gasteiger partial charge in [-0.1, -0.05) is 46.0 Å². The molecule has 0 atom stereocenters. The van der Waals surface area contributed by atoms with Gasteiger partial charge in [-0.3, -0.25) is 4.90 Å². The number of nitrogens with zero attached hydrogens (tertiary/aromatic N) is 1. The Kier molecular flexibility index (Phi) is 6.50. The van der Waals surface area contributed by atoms with Crippen LogP contribution in [0.15, 0.2) is 0 Å². The number of rotatable bonds is 7. The Hall–Kier alpha value is -0.0800. The molecule has 2 heteroatoms. The predicted molar refractivity (Wildman–Crippen MR) is 76.2 cm³/mol. The zero-order valence-corrected chi connectivity index (χ0v) is 12.2. The van der Waals surface area contributed by atoms with Crippen LogP contribution in [0, 0.1) is 0 Å². The van der Waals surface area contributed by atoms with Crippen LogP contribution in [-0.2, 0) is 0 Å². The summed E-state index contributed by atoms with van der Waals surface area (Å²) in [6.07, 6.45) is 12.0. The second-order valence-electron chi connectivity index (χ2n) is 5.83. The van der Waals surface area contributed by atoms with Gasteiger partial charge in [-0.15, -0.1) is 0 Å². The normalized spacial score (nSPS) is 18.9. The Morgan fingerprint density at radius 2 is 1.59 bits per heavy atom. The zero-order valence-electron chi connectivity index (χ0n) is 12.2. The molecule has 2 nitrogen and oxygen atoms in total. The maximum Gasteiger partial charge on any atom is 0.0331 e. The molecule has 1 aliphatic carbocycles. The molecule has 1 saturated carbocycles. The van der Waals surface area contributed by atoms with Crippen molar-refractivity contribution in [3.63, 3.8) is 0 Å². The monoisotopic (exact) mass is 240 g/mol. The quantitative estimate of drug-likeness (QED) is 0.737. The van der Waals surface area contributed by atoms with E-state index in [4.69, 9.17) is 5.73 Å². The van der Waals surface area contributed by atoms with E-state index in [0.29, 0.717) is 0 Å². The Balaban J connectivity index is 2.71. The van der Waals surface area contributed by atoms with Gasteiger partial charge in [-0.2, -0.15) is 0 Å².